The molecule has 0 atom stereocenters. The number of nitrogens with zero attached hydrogens (tertiary/aromatic N) is 3. The highest BCUT2D eigenvalue weighted by Crippen LogP contribution is 2.32. The molecule has 0 saturated heterocycles. The van der Waals surface area contributed by atoms with Crippen LogP contribution in [-0.4, -0.2) is 26.9 Å². The second-order valence-corrected chi connectivity index (χ2v) is 6.03. The van der Waals surface area contributed by atoms with Gasteiger partial charge in [-0.25, -0.2) is 14.8 Å². The number of esters is 1. The summed E-state index contributed by atoms with van der Waals surface area (Å²) >= 11 is 1.26. The fourth-order valence-corrected chi connectivity index (χ4v) is 3.41. The molecule has 6 nitrogen and oxygen atoms in total. The van der Waals surface area contributed by atoms with Gasteiger partial charge < -0.3 is 9.15 Å². The Morgan fingerprint density at radius 2 is 2.21 bits per heavy atom. The molecule has 0 unspecified atom stereocenters. The number of aryl methyl sites for hydroxylation is 1. The van der Waals surface area contributed by atoms with E-state index in [-0.39, 0.29) is 5.69 Å². The van der Waals surface area contributed by atoms with Gasteiger partial charge in [0.1, 0.15) is 11.0 Å². The maximum Gasteiger partial charge on any atom is 0.360 e. The largest absolute Gasteiger partial charge is 0.461 e. The standard InChI is InChI=1S/C17H13N3O3S/c1-3-22-17(21)15-14-16(24-20-15)9(2)7-11(19-14)10-5-4-6-12-13(10)18-8-23-12/h4-8H,3H2,1-2H3. The number of carbonyl (C=O) groups is 1. The number of ether oxygens (including phenoxy) is 1. The van der Waals surface area contributed by atoms with Crippen molar-refractivity contribution in [2.75, 3.05) is 6.61 Å². The number of benzene rings is 1. The number of pyridine rings is 1. The summed E-state index contributed by atoms with van der Waals surface area (Å²) in [5.41, 5.74) is 4.84. The lowest BCUT2D eigenvalue weighted by molar-refractivity contribution is 0.0523. The summed E-state index contributed by atoms with van der Waals surface area (Å²) in [5.74, 6) is -0.451. The SMILES string of the molecule is CCOC(=O)c1nsc2c(C)cc(-c3cccc4ocnc34)nc12. The number of hydrogen-bond donors (Lipinski definition) is 0. The van der Waals surface area contributed by atoms with Gasteiger partial charge in [-0.1, -0.05) is 12.1 Å². The number of para-hydroxylation sites is 1. The van der Waals surface area contributed by atoms with E-state index in [1.807, 2.05) is 31.2 Å². The van der Waals surface area contributed by atoms with Crippen molar-refractivity contribution in [3.8, 4) is 11.3 Å². The van der Waals surface area contributed by atoms with Gasteiger partial charge in [-0.05, 0) is 43.1 Å². The van der Waals surface area contributed by atoms with E-state index in [1.165, 1.54) is 17.9 Å². The smallest absolute Gasteiger partial charge is 0.360 e. The maximum atomic E-state index is 12.1. The number of oxazole rings is 1. The zero-order valence-electron chi connectivity index (χ0n) is 13.1. The normalized spacial score (nSPS) is 11.2. The van der Waals surface area contributed by atoms with Gasteiger partial charge in [-0.15, -0.1) is 0 Å². The van der Waals surface area contributed by atoms with Gasteiger partial charge in [-0.3, -0.25) is 0 Å². The molecular weight excluding hydrogens is 326 g/mol. The lowest BCUT2D eigenvalue weighted by atomic mass is 10.1. The van der Waals surface area contributed by atoms with Gasteiger partial charge in [0.2, 0.25) is 0 Å². The zero-order valence-corrected chi connectivity index (χ0v) is 13.9. The summed E-state index contributed by atoms with van der Waals surface area (Å²) in [4.78, 5) is 21.0. The molecule has 1 aromatic carbocycles. The predicted molar refractivity (Wildman–Crippen MR) is 91.1 cm³/mol. The second kappa shape index (κ2) is 5.68. The third-order valence-electron chi connectivity index (χ3n) is 3.72. The van der Waals surface area contributed by atoms with Crippen molar-refractivity contribution >= 4 is 38.8 Å². The minimum absolute atomic E-state index is 0.258. The molecule has 0 amide bonds. The van der Waals surface area contributed by atoms with Crippen LogP contribution in [0, 0.1) is 6.92 Å². The molecule has 0 N–H and O–H groups in total. The van der Waals surface area contributed by atoms with Crippen molar-refractivity contribution in [1.82, 2.24) is 14.3 Å². The number of aromatic nitrogens is 3. The molecule has 4 aromatic rings. The van der Waals surface area contributed by atoms with Gasteiger partial charge in [0.25, 0.3) is 0 Å². The first-order valence-electron chi connectivity index (χ1n) is 7.45. The van der Waals surface area contributed by atoms with E-state index in [1.54, 1.807) is 6.92 Å². The molecule has 3 aromatic heterocycles. The van der Waals surface area contributed by atoms with E-state index in [0.717, 1.165) is 27.0 Å². The third-order valence-corrected chi connectivity index (χ3v) is 4.69. The molecule has 0 saturated carbocycles. The Bertz CT molecular complexity index is 1070. The van der Waals surface area contributed by atoms with Crippen molar-refractivity contribution in [3.05, 3.63) is 41.9 Å². The quantitative estimate of drug-likeness (QED) is 0.525. The minimum Gasteiger partial charge on any atom is -0.461 e. The molecule has 0 aliphatic rings. The van der Waals surface area contributed by atoms with E-state index in [2.05, 4.69) is 14.3 Å². The number of fused-ring (bicyclic) bond motifs is 2. The average molecular weight is 339 g/mol. The van der Waals surface area contributed by atoms with E-state index >= 15 is 0 Å². The van der Waals surface area contributed by atoms with Crippen LogP contribution >= 0.6 is 11.5 Å². The minimum atomic E-state index is -0.451. The van der Waals surface area contributed by atoms with Crippen molar-refractivity contribution in [1.29, 1.82) is 0 Å². The molecule has 24 heavy (non-hydrogen) atoms. The highest BCUT2D eigenvalue weighted by Gasteiger charge is 2.20. The Kier molecular flexibility index (Phi) is 3.50. The van der Waals surface area contributed by atoms with Crippen LogP contribution in [0.15, 0.2) is 35.1 Å². The van der Waals surface area contributed by atoms with E-state index < -0.39 is 5.97 Å². The fraction of sp³-hybridized carbons (Fsp3) is 0.176. The first-order chi connectivity index (χ1) is 11.7. The van der Waals surface area contributed by atoms with E-state index in [0.29, 0.717) is 17.7 Å². The van der Waals surface area contributed by atoms with Gasteiger partial charge in [0.15, 0.2) is 17.7 Å². The molecule has 0 bridgehead atoms. The van der Waals surface area contributed by atoms with Crippen LogP contribution in [-0.2, 0) is 4.74 Å². The molecule has 0 fully saturated rings. The Morgan fingerprint density at radius 1 is 1.33 bits per heavy atom. The number of carbonyl (C=O) groups excluding carboxylic acids is 1. The summed E-state index contributed by atoms with van der Waals surface area (Å²) < 4.78 is 15.5. The third kappa shape index (κ3) is 2.25. The Labute approximate surface area is 141 Å². The zero-order chi connectivity index (χ0) is 16.7. The molecule has 4 rings (SSSR count). The molecule has 3 heterocycles. The summed E-state index contributed by atoms with van der Waals surface area (Å²) in [7, 11) is 0. The van der Waals surface area contributed by atoms with Gasteiger partial charge >= 0.3 is 5.97 Å². The molecule has 120 valence electrons. The van der Waals surface area contributed by atoms with Gasteiger partial charge in [-0.2, -0.15) is 4.37 Å². The van der Waals surface area contributed by atoms with Crippen LogP contribution < -0.4 is 0 Å². The van der Waals surface area contributed by atoms with Crippen molar-refractivity contribution < 1.29 is 13.9 Å². The van der Waals surface area contributed by atoms with Crippen LogP contribution in [0.2, 0.25) is 0 Å². The molecular formula is C17H13N3O3S. The van der Waals surface area contributed by atoms with Crippen molar-refractivity contribution in [2.45, 2.75) is 13.8 Å². The molecule has 0 aliphatic heterocycles. The number of rotatable bonds is 3. The second-order valence-electron chi connectivity index (χ2n) is 5.26. The first-order valence-corrected chi connectivity index (χ1v) is 8.23. The molecule has 7 heteroatoms. The molecule has 0 spiro atoms. The molecule has 0 radical (unpaired) electrons. The fourth-order valence-electron chi connectivity index (χ4n) is 2.64. The topological polar surface area (TPSA) is 78.1 Å². The van der Waals surface area contributed by atoms with Crippen LogP contribution in [0.5, 0.6) is 0 Å². The van der Waals surface area contributed by atoms with Crippen LogP contribution in [0.3, 0.4) is 0 Å². The predicted octanol–water partition coefficient (Wildman–Crippen LogP) is 3.98. The van der Waals surface area contributed by atoms with Gasteiger partial charge in [0, 0.05) is 5.56 Å². The van der Waals surface area contributed by atoms with Crippen molar-refractivity contribution in [3.63, 3.8) is 0 Å². The van der Waals surface area contributed by atoms with Crippen LogP contribution in [0.4, 0.5) is 0 Å². The van der Waals surface area contributed by atoms with E-state index in [4.69, 9.17) is 9.15 Å². The lowest BCUT2D eigenvalue weighted by Crippen LogP contribution is -2.06. The highest BCUT2D eigenvalue weighted by molar-refractivity contribution is 7.13. The summed E-state index contributed by atoms with van der Waals surface area (Å²) in [6.45, 7) is 4.04. The average Bonchev–Trinajstić information content (AvgIpc) is 3.21. The summed E-state index contributed by atoms with van der Waals surface area (Å²) in [6, 6.07) is 7.65. The maximum absolute atomic E-state index is 12.1. The Hall–Kier alpha value is -2.80. The lowest BCUT2D eigenvalue weighted by Gasteiger charge is -2.05. The number of hydrogen-bond acceptors (Lipinski definition) is 7. The summed E-state index contributed by atoms with van der Waals surface area (Å²) in [5, 5.41) is 0. The van der Waals surface area contributed by atoms with Crippen LogP contribution in [0.25, 0.3) is 32.6 Å². The first kappa shape index (κ1) is 14.8. The van der Waals surface area contributed by atoms with Crippen LogP contribution in [0.1, 0.15) is 23.0 Å². The Balaban J connectivity index is 1.95. The van der Waals surface area contributed by atoms with Gasteiger partial charge in [0.05, 0.1) is 17.0 Å². The molecule has 0 aliphatic carbocycles. The van der Waals surface area contributed by atoms with E-state index in [9.17, 15) is 4.79 Å². The van der Waals surface area contributed by atoms with Crippen molar-refractivity contribution in [2.24, 2.45) is 0 Å². The highest BCUT2D eigenvalue weighted by atomic mass is 32.1. The summed E-state index contributed by atoms with van der Waals surface area (Å²) in [6.07, 6.45) is 1.41. The Morgan fingerprint density at radius 3 is 3.04 bits per heavy atom. The monoisotopic (exact) mass is 339 g/mol.